The van der Waals surface area contributed by atoms with Crippen LogP contribution in [0.2, 0.25) is 0 Å². The average molecular weight is 342 g/mol. The minimum Gasteiger partial charge on any atom is -0.337 e. The van der Waals surface area contributed by atoms with Crippen molar-refractivity contribution in [1.82, 2.24) is 14.7 Å². The lowest BCUT2D eigenvalue weighted by Gasteiger charge is -2.33. The number of aromatic nitrogens is 2. The largest absolute Gasteiger partial charge is 0.337 e. The van der Waals surface area contributed by atoms with Crippen LogP contribution in [0.15, 0.2) is 24.3 Å². The molecule has 0 bridgehead atoms. The van der Waals surface area contributed by atoms with Crippen LogP contribution in [0.5, 0.6) is 0 Å². The van der Waals surface area contributed by atoms with Gasteiger partial charge in [-0.2, -0.15) is 5.10 Å². The van der Waals surface area contributed by atoms with Gasteiger partial charge in [0.15, 0.2) is 0 Å². The standard InChI is InChI=1S/C18H22N4O3/c1-12-18(22(24)25)13(2)21(19-12)11-17(23)20(3)16-10-6-8-14-7-4-5-9-15(14)16/h4-5,7,9,16H,6,8,10-11H2,1-3H3/t16-/m1/s1. The van der Waals surface area contributed by atoms with Crippen LogP contribution in [-0.4, -0.2) is 32.6 Å². The van der Waals surface area contributed by atoms with E-state index in [9.17, 15) is 14.9 Å². The molecule has 0 unspecified atom stereocenters. The maximum absolute atomic E-state index is 12.8. The molecule has 7 heteroatoms. The fourth-order valence-corrected chi connectivity index (χ4v) is 3.65. The average Bonchev–Trinajstić information content (AvgIpc) is 2.87. The van der Waals surface area contributed by atoms with E-state index in [1.54, 1.807) is 25.8 Å². The van der Waals surface area contributed by atoms with Gasteiger partial charge >= 0.3 is 5.69 Å². The number of nitro groups is 1. The van der Waals surface area contributed by atoms with Crippen molar-refractivity contribution in [2.24, 2.45) is 0 Å². The third kappa shape index (κ3) is 3.14. The number of carbonyl (C=O) groups excluding carboxylic acids is 1. The Labute approximate surface area is 146 Å². The smallest absolute Gasteiger partial charge is 0.312 e. The van der Waals surface area contributed by atoms with Gasteiger partial charge in [-0.1, -0.05) is 24.3 Å². The van der Waals surface area contributed by atoms with E-state index in [1.165, 1.54) is 15.8 Å². The fourth-order valence-electron chi connectivity index (χ4n) is 3.65. The first-order valence-electron chi connectivity index (χ1n) is 8.42. The van der Waals surface area contributed by atoms with Gasteiger partial charge in [-0.25, -0.2) is 0 Å². The van der Waals surface area contributed by atoms with Crippen LogP contribution in [0.1, 0.15) is 41.4 Å². The topological polar surface area (TPSA) is 81.3 Å². The van der Waals surface area contributed by atoms with Crippen molar-refractivity contribution in [1.29, 1.82) is 0 Å². The van der Waals surface area contributed by atoms with Gasteiger partial charge in [0.05, 0.1) is 11.0 Å². The molecule has 1 aliphatic carbocycles. The highest BCUT2D eigenvalue weighted by Crippen LogP contribution is 2.33. The van der Waals surface area contributed by atoms with E-state index in [4.69, 9.17) is 0 Å². The van der Waals surface area contributed by atoms with Gasteiger partial charge in [-0.05, 0) is 44.2 Å². The molecule has 0 fully saturated rings. The number of aryl methyl sites for hydroxylation is 2. The number of nitrogens with zero attached hydrogens (tertiary/aromatic N) is 4. The molecule has 7 nitrogen and oxygen atoms in total. The van der Waals surface area contributed by atoms with Crippen LogP contribution >= 0.6 is 0 Å². The molecule has 1 heterocycles. The molecule has 1 aromatic heterocycles. The van der Waals surface area contributed by atoms with Gasteiger partial charge in [0.25, 0.3) is 0 Å². The first-order valence-corrected chi connectivity index (χ1v) is 8.42. The highest BCUT2D eigenvalue weighted by atomic mass is 16.6. The maximum atomic E-state index is 12.8. The molecular formula is C18H22N4O3. The van der Waals surface area contributed by atoms with E-state index in [0.29, 0.717) is 11.4 Å². The lowest BCUT2D eigenvalue weighted by Crippen LogP contribution is -2.36. The van der Waals surface area contributed by atoms with Gasteiger partial charge in [0, 0.05) is 7.05 Å². The Hall–Kier alpha value is -2.70. The van der Waals surface area contributed by atoms with Crippen molar-refractivity contribution in [3.63, 3.8) is 0 Å². The second-order valence-electron chi connectivity index (χ2n) is 6.55. The summed E-state index contributed by atoms with van der Waals surface area (Å²) in [6, 6.07) is 8.27. The normalized spacial score (nSPS) is 16.4. The van der Waals surface area contributed by atoms with E-state index in [1.807, 2.05) is 12.1 Å². The Morgan fingerprint density at radius 3 is 2.80 bits per heavy atom. The van der Waals surface area contributed by atoms with Crippen molar-refractivity contribution < 1.29 is 9.72 Å². The minimum atomic E-state index is -0.445. The van der Waals surface area contributed by atoms with Crippen LogP contribution in [0, 0.1) is 24.0 Å². The van der Waals surface area contributed by atoms with Gasteiger partial charge in [0.2, 0.25) is 5.91 Å². The molecular weight excluding hydrogens is 320 g/mol. The number of carbonyl (C=O) groups is 1. The van der Waals surface area contributed by atoms with E-state index in [-0.39, 0.29) is 24.2 Å². The third-order valence-electron chi connectivity index (χ3n) is 5.01. The summed E-state index contributed by atoms with van der Waals surface area (Å²) < 4.78 is 1.43. The van der Waals surface area contributed by atoms with E-state index < -0.39 is 4.92 Å². The van der Waals surface area contributed by atoms with Crippen molar-refractivity contribution in [2.75, 3.05) is 7.05 Å². The maximum Gasteiger partial charge on any atom is 0.312 e. The van der Waals surface area contributed by atoms with E-state index in [0.717, 1.165) is 19.3 Å². The number of hydrogen-bond acceptors (Lipinski definition) is 4. The highest BCUT2D eigenvalue weighted by molar-refractivity contribution is 5.76. The molecule has 0 radical (unpaired) electrons. The first kappa shape index (κ1) is 17.1. The second-order valence-corrected chi connectivity index (χ2v) is 6.55. The molecule has 2 aromatic rings. The van der Waals surface area contributed by atoms with E-state index >= 15 is 0 Å². The molecule has 25 heavy (non-hydrogen) atoms. The number of fused-ring (bicyclic) bond motifs is 1. The summed E-state index contributed by atoms with van der Waals surface area (Å²) in [6.07, 6.45) is 3.01. The molecule has 1 aliphatic rings. The molecule has 0 N–H and O–H groups in total. The van der Waals surface area contributed by atoms with Crippen molar-refractivity contribution in [3.05, 3.63) is 56.9 Å². The number of amides is 1. The summed E-state index contributed by atoms with van der Waals surface area (Å²) in [7, 11) is 1.80. The SMILES string of the molecule is Cc1nn(CC(=O)N(C)[C@@H]2CCCc3ccccc32)c(C)c1[N+](=O)[O-]. The van der Waals surface area contributed by atoms with Crippen molar-refractivity contribution in [3.8, 4) is 0 Å². The van der Waals surface area contributed by atoms with E-state index in [2.05, 4.69) is 17.2 Å². The van der Waals surface area contributed by atoms with Gasteiger partial charge in [0.1, 0.15) is 17.9 Å². The van der Waals surface area contributed by atoms with Gasteiger partial charge in [-0.3, -0.25) is 19.6 Å². The molecule has 132 valence electrons. The minimum absolute atomic E-state index is 0.00960. The lowest BCUT2D eigenvalue weighted by molar-refractivity contribution is -0.386. The zero-order valence-electron chi connectivity index (χ0n) is 14.7. The zero-order chi connectivity index (χ0) is 18.1. The molecule has 0 saturated heterocycles. The third-order valence-corrected chi connectivity index (χ3v) is 5.01. The molecule has 1 aromatic carbocycles. The van der Waals surface area contributed by atoms with Crippen LogP contribution in [0.25, 0.3) is 0 Å². The number of likely N-dealkylation sites (N-methyl/N-ethyl adjacent to an activating group) is 1. The summed E-state index contributed by atoms with van der Waals surface area (Å²) in [5, 5.41) is 15.3. The Morgan fingerprint density at radius 1 is 1.40 bits per heavy atom. The monoisotopic (exact) mass is 342 g/mol. The predicted octanol–water partition coefficient (Wildman–Crippen LogP) is 2.94. The van der Waals surface area contributed by atoms with Crippen LogP contribution in [0.4, 0.5) is 5.69 Å². The zero-order valence-corrected chi connectivity index (χ0v) is 14.7. The Kier molecular flexibility index (Phi) is 4.57. The fraction of sp³-hybridized carbons (Fsp3) is 0.444. The summed E-state index contributed by atoms with van der Waals surface area (Å²) in [4.78, 5) is 25.2. The molecule has 0 saturated carbocycles. The second kappa shape index (κ2) is 6.66. The Bertz CT molecular complexity index is 828. The predicted molar refractivity (Wildman–Crippen MR) is 93.2 cm³/mol. The number of benzene rings is 1. The van der Waals surface area contributed by atoms with Crippen molar-refractivity contribution in [2.45, 2.75) is 45.7 Å². The molecule has 3 rings (SSSR count). The van der Waals surface area contributed by atoms with Crippen LogP contribution in [-0.2, 0) is 17.8 Å². The summed E-state index contributed by atoms with van der Waals surface area (Å²) in [6.45, 7) is 3.23. The quantitative estimate of drug-likeness (QED) is 0.632. The Balaban J connectivity index is 1.81. The van der Waals surface area contributed by atoms with Crippen LogP contribution < -0.4 is 0 Å². The van der Waals surface area contributed by atoms with Crippen LogP contribution in [0.3, 0.4) is 0 Å². The van der Waals surface area contributed by atoms with Gasteiger partial charge in [-0.15, -0.1) is 0 Å². The number of hydrogen-bond donors (Lipinski definition) is 0. The molecule has 1 amide bonds. The molecule has 0 spiro atoms. The number of rotatable bonds is 4. The summed E-state index contributed by atoms with van der Waals surface area (Å²) in [5.41, 5.74) is 3.22. The molecule has 0 aliphatic heterocycles. The van der Waals surface area contributed by atoms with Gasteiger partial charge < -0.3 is 4.90 Å². The summed E-state index contributed by atoms with van der Waals surface area (Å²) >= 11 is 0. The molecule has 1 atom stereocenters. The highest BCUT2D eigenvalue weighted by Gasteiger charge is 2.28. The van der Waals surface area contributed by atoms with Crippen molar-refractivity contribution >= 4 is 11.6 Å². The summed E-state index contributed by atoms with van der Waals surface area (Å²) in [5.74, 6) is -0.0952. The lowest BCUT2D eigenvalue weighted by atomic mass is 9.87. The Morgan fingerprint density at radius 2 is 2.12 bits per heavy atom. The first-order chi connectivity index (χ1) is 11.9.